The molecule has 0 rings (SSSR count). The molecule has 0 aliphatic heterocycles. The predicted octanol–water partition coefficient (Wildman–Crippen LogP) is 17.3. The summed E-state index contributed by atoms with van der Waals surface area (Å²) in [4.78, 5) is 24.5. The smallest absolute Gasteiger partial charge is 0.305 e. The summed E-state index contributed by atoms with van der Waals surface area (Å²) < 4.78 is 5.46. The summed E-state index contributed by atoms with van der Waals surface area (Å²) in [6.07, 6.45) is 62.2. The summed E-state index contributed by atoms with van der Waals surface area (Å²) in [5.74, 6) is -0.104. The highest BCUT2D eigenvalue weighted by Gasteiger charge is 2.18. The van der Waals surface area contributed by atoms with Gasteiger partial charge in [0.15, 0.2) is 0 Å². The molecule has 2 atom stereocenters. The van der Waals surface area contributed by atoms with Crippen LogP contribution in [0.1, 0.15) is 316 Å². The molecule has 0 saturated heterocycles. The lowest BCUT2D eigenvalue weighted by atomic mass is 10.0. The van der Waals surface area contributed by atoms with Crippen molar-refractivity contribution >= 4 is 11.9 Å². The molecule has 0 aliphatic rings. The SMILES string of the molecule is CCCCCCCCCCCCCCCCCCCCC/C=C/C(O)C(CO)NC(=O)CCCCCCCCCCCCOC(=O)CCCCCCCCCCCCCCCCC. The third kappa shape index (κ3) is 49.9. The van der Waals surface area contributed by atoms with E-state index in [1.54, 1.807) is 6.08 Å². The normalized spacial score (nSPS) is 12.6. The third-order valence-electron chi connectivity index (χ3n) is 13.3. The molecule has 1 amide bonds. The van der Waals surface area contributed by atoms with Crippen LogP contribution in [-0.2, 0) is 14.3 Å². The highest BCUT2D eigenvalue weighted by Crippen LogP contribution is 2.17. The topological polar surface area (TPSA) is 95.9 Å². The number of aliphatic hydroxyl groups is 2. The third-order valence-corrected chi connectivity index (χ3v) is 13.3. The Labute approximate surface area is 393 Å². The van der Waals surface area contributed by atoms with Crippen molar-refractivity contribution in [2.45, 2.75) is 328 Å². The van der Waals surface area contributed by atoms with Crippen LogP contribution in [0.5, 0.6) is 0 Å². The fourth-order valence-electron chi connectivity index (χ4n) is 8.93. The Kier molecular flexibility index (Phi) is 52.0. The first-order valence-corrected chi connectivity index (χ1v) is 28.5. The van der Waals surface area contributed by atoms with Gasteiger partial charge in [0, 0.05) is 12.8 Å². The maximum Gasteiger partial charge on any atom is 0.305 e. The molecule has 0 aromatic rings. The van der Waals surface area contributed by atoms with Crippen molar-refractivity contribution in [1.29, 1.82) is 0 Å². The van der Waals surface area contributed by atoms with Crippen LogP contribution in [0.25, 0.3) is 0 Å². The minimum atomic E-state index is -0.858. The molecule has 2 unspecified atom stereocenters. The van der Waals surface area contributed by atoms with E-state index in [1.165, 1.54) is 231 Å². The zero-order valence-electron chi connectivity index (χ0n) is 42.6. The van der Waals surface area contributed by atoms with E-state index < -0.39 is 12.1 Å². The fraction of sp³-hybridized carbons (Fsp3) is 0.930. The Morgan fingerprint density at radius 3 is 1.08 bits per heavy atom. The van der Waals surface area contributed by atoms with E-state index in [-0.39, 0.29) is 18.5 Å². The number of ether oxygens (including phenoxy) is 1. The molecule has 0 aromatic heterocycles. The lowest BCUT2D eigenvalue weighted by molar-refractivity contribution is -0.143. The summed E-state index contributed by atoms with van der Waals surface area (Å²) >= 11 is 0. The summed E-state index contributed by atoms with van der Waals surface area (Å²) in [6, 6.07) is -0.644. The fourth-order valence-corrected chi connectivity index (χ4v) is 8.93. The Bertz CT molecular complexity index is 939. The van der Waals surface area contributed by atoms with Gasteiger partial charge in [-0.3, -0.25) is 9.59 Å². The van der Waals surface area contributed by atoms with Crippen LogP contribution in [0, 0.1) is 0 Å². The highest BCUT2D eigenvalue weighted by atomic mass is 16.5. The largest absolute Gasteiger partial charge is 0.466 e. The summed E-state index contributed by atoms with van der Waals surface area (Å²) in [5.41, 5.74) is 0. The number of hydrogen-bond donors (Lipinski definition) is 3. The molecular weight excluding hydrogens is 779 g/mol. The molecule has 6 heteroatoms. The molecule has 0 aliphatic carbocycles. The quantitative estimate of drug-likeness (QED) is 0.0321. The highest BCUT2D eigenvalue weighted by molar-refractivity contribution is 5.76. The lowest BCUT2D eigenvalue weighted by Gasteiger charge is -2.20. The Hall–Kier alpha value is -1.40. The van der Waals surface area contributed by atoms with E-state index >= 15 is 0 Å². The molecule has 0 bridgehead atoms. The van der Waals surface area contributed by atoms with Crippen molar-refractivity contribution < 1.29 is 24.5 Å². The van der Waals surface area contributed by atoms with Gasteiger partial charge >= 0.3 is 5.97 Å². The molecule has 0 saturated carbocycles. The predicted molar refractivity (Wildman–Crippen MR) is 273 cm³/mol. The van der Waals surface area contributed by atoms with Crippen LogP contribution in [-0.4, -0.2) is 47.4 Å². The number of amides is 1. The molecule has 3 N–H and O–H groups in total. The maximum absolute atomic E-state index is 12.5. The van der Waals surface area contributed by atoms with Gasteiger partial charge in [0.25, 0.3) is 0 Å². The number of aliphatic hydroxyl groups excluding tert-OH is 2. The van der Waals surface area contributed by atoms with Gasteiger partial charge in [0.2, 0.25) is 5.91 Å². The maximum atomic E-state index is 12.5. The minimum Gasteiger partial charge on any atom is -0.466 e. The number of esters is 1. The monoisotopic (exact) mass is 890 g/mol. The van der Waals surface area contributed by atoms with Gasteiger partial charge in [-0.1, -0.05) is 283 Å². The van der Waals surface area contributed by atoms with Crippen molar-refractivity contribution in [1.82, 2.24) is 5.32 Å². The molecule has 0 heterocycles. The van der Waals surface area contributed by atoms with E-state index in [9.17, 15) is 19.8 Å². The van der Waals surface area contributed by atoms with Crippen molar-refractivity contribution in [2.24, 2.45) is 0 Å². The second-order valence-corrected chi connectivity index (χ2v) is 19.6. The van der Waals surface area contributed by atoms with Crippen molar-refractivity contribution in [3.05, 3.63) is 12.2 Å². The van der Waals surface area contributed by atoms with Crippen LogP contribution >= 0.6 is 0 Å². The lowest BCUT2D eigenvalue weighted by Crippen LogP contribution is -2.45. The van der Waals surface area contributed by atoms with Gasteiger partial charge in [-0.05, 0) is 32.1 Å². The zero-order chi connectivity index (χ0) is 45.8. The first-order valence-electron chi connectivity index (χ1n) is 28.5. The summed E-state index contributed by atoms with van der Waals surface area (Å²) in [5, 5.41) is 23.1. The van der Waals surface area contributed by atoms with E-state index in [0.29, 0.717) is 19.4 Å². The van der Waals surface area contributed by atoms with E-state index in [2.05, 4.69) is 19.2 Å². The molecule has 0 radical (unpaired) electrons. The Balaban J connectivity index is 3.49. The molecule has 0 fully saturated rings. The van der Waals surface area contributed by atoms with Crippen molar-refractivity contribution in [3.8, 4) is 0 Å². The van der Waals surface area contributed by atoms with Crippen LogP contribution in [0.15, 0.2) is 12.2 Å². The van der Waals surface area contributed by atoms with Gasteiger partial charge in [-0.15, -0.1) is 0 Å². The number of nitrogens with one attached hydrogen (secondary N) is 1. The van der Waals surface area contributed by atoms with Crippen LogP contribution in [0.3, 0.4) is 0 Å². The second-order valence-electron chi connectivity index (χ2n) is 19.6. The molecule has 0 aromatic carbocycles. The second kappa shape index (κ2) is 53.2. The van der Waals surface area contributed by atoms with E-state index in [1.807, 2.05) is 6.08 Å². The molecule has 6 nitrogen and oxygen atoms in total. The van der Waals surface area contributed by atoms with Gasteiger partial charge in [-0.25, -0.2) is 0 Å². The number of unbranched alkanes of at least 4 members (excludes halogenated alkanes) is 42. The van der Waals surface area contributed by atoms with Crippen molar-refractivity contribution in [3.63, 3.8) is 0 Å². The number of carbonyl (C=O) groups excluding carboxylic acids is 2. The molecule has 0 spiro atoms. The van der Waals surface area contributed by atoms with Gasteiger partial charge in [-0.2, -0.15) is 0 Å². The number of rotatable bonds is 53. The van der Waals surface area contributed by atoms with Crippen LogP contribution in [0.4, 0.5) is 0 Å². The standard InChI is InChI=1S/C57H111NO5/c1-3-5-7-9-11-13-15-17-19-20-21-22-23-24-26-27-29-33-37-41-45-49-55(60)54(53-59)58-56(61)50-46-42-38-34-31-32-36-40-44-48-52-63-57(62)51-47-43-39-35-30-28-25-18-16-14-12-10-8-6-4-2/h45,49,54-55,59-60H,3-44,46-48,50-53H2,1-2H3,(H,58,61)/b49-45+. The molecular formula is C57H111NO5. The molecule has 374 valence electrons. The average molecular weight is 891 g/mol. The number of allylic oxidation sites excluding steroid dienone is 1. The minimum absolute atomic E-state index is 0.0171. The summed E-state index contributed by atoms with van der Waals surface area (Å²) in [6.45, 7) is 4.88. The first-order chi connectivity index (χ1) is 31.0. The molecule has 63 heavy (non-hydrogen) atoms. The van der Waals surface area contributed by atoms with Gasteiger partial charge < -0.3 is 20.3 Å². The Morgan fingerprint density at radius 2 is 0.730 bits per heavy atom. The number of carbonyl (C=O) groups is 2. The van der Waals surface area contributed by atoms with E-state index in [0.717, 1.165) is 57.8 Å². The van der Waals surface area contributed by atoms with E-state index in [4.69, 9.17) is 4.74 Å². The Morgan fingerprint density at radius 1 is 0.429 bits per heavy atom. The van der Waals surface area contributed by atoms with Crippen LogP contribution < -0.4 is 5.32 Å². The zero-order valence-corrected chi connectivity index (χ0v) is 42.6. The number of hydrogen-bond acceptors (Lipinski definition) is 5. The first kappa shape index (κ1) is 61.6. The van der Waals surface area contributed by atoms with Crippen LogP contribution in [0.2, 0.25) is 0 Å². The van der Waals surface area contributed by atoms with Crippen molar-refractivity contribution in [2.75, 3.05) is 13.2 Å². The summed E-state index contributed by atoms with van der Waals surface area (Å²) in [7, 11) is 0. The van der Waals surface area contributed by atoms with Gasteiger partial charge in [0.1, 0.15) is 0 Å². The average Bonchev–Trinajstić information content (AvgIpc) is 3.28. The van der Waals surface area contributed by atoms with Gasteiger partial charge in [0.05, 0.1) is 25.4 Å².